The Morgan fingerprint density at radius 3 is 1.15 bits per heavy atom. The van der Waals surface area contributed by atoms with Gasteiger partial charge in [-0.2, -0.15) is 0 Å². The van der Waals surface area contributed by atoms with E-state index in [4.69, 9.17) is 10.2 Å². The third-order valence-corrected chi connectivity index (χ3v) is 4.30. The topological polar surface area (TPSA) is 215 Å². The van der Waals surface area contributed by atoms with E-state index in [2.05, 4.69) is 9.97 Å². The van der Waals surface area contributed by atoms with Gasteiger partial charge < -0.3 is 30.0 Å². The molecule has 0 unspecified atom stereocenters. The number of carboxylic acids is 4. The van der Waals surface area contributed by atoms with Crippen molar-refractivity contribution in [3.8, 4) is 0 Å². The second-order valence-electron chi connectivity index (χ2n) is 7.82. The Bertz CT molecular complexity index is 1380. The number of hydrogen-bond acceptors (Lipinski definition) is 10. The van der Waals surface area contributed by atoms with Crippen LogP contribution in [0.5, 0.6) is 0 Å². The Hall–Kier alpha value is -3.94. The van der Waals surface area contributed by atoms with Gasteiger partial charge in [-0.25, -0.2) is 19.6 Å². The van der Waals surface area contributed by atoms with Gasteiger partial charge in [0.1, 0.15) is 11.4 Å². The summed E-state index contributed by atoms with van der Waals surface area (Å²) in [4.78, 5) is 50.6. The van der Waals surface area contributed by atoms with E-state index in [1.54, 1.807) is 73.6 Å². The number of benzene rings is 2. The molecule has 0 saturated carbocycles. The first kappa shape index (κ1) is 37.1. The fourth-order valence-corrected chi connectivity index (χ4v) is 2.87. The molecule has 0 radical (unpaired) electrons. The molecule has 0 fully saturated rings. The van der Waals surface area contributed by atoms with Crippen molar-refractivity contribution in [2.45, 2.75) is 0 Å². The zero-order valence-corrected chi connectivity index (χ0v) is 27.0. The van der Waals surface area contributed by atoms with Crippen LogP contribution in [-0.4, -0.2) is 77.5 Å². The molecule has 0 aliphatic heterocycles. The molecule has 4 aromatic rings. The number of aromatic nitrogens is 2. The number of nitrogens with zero attached hydrogens (tertiary/aromatic N) is 2. The van der Waals surface area contributed by atoms with Crippen LogP contribution in [0.3, 0.4) is 0 Å². The van der Waals surface area contributed by atoms with Crippen LogP contribution in [0.1, 0.15) is 41.7 Å². The number of fused-ring (bicyclic) bond motifs is 2. The first-order chi connectivity index (χ1) is 18.6. The molecule has 15 heteroatoms. The number of aromatic carboxylic acids is 4. The molecule has 0 amide bonds. The van der Waals surface area contributed by atoms with E-state index in [1.807, 2.05) is 0 Å². The van der Waals surface area contributed by atoms with Crippen molar-refractivity contribution >= 4 is 67.3 Å². The summed E-state index contributed by atoms with van der Waals surface area (Å²) in [5.41, 5.74) is -0.979. The molecule has 0 saturated heterocycles. The molecule has 2 aromatic carbocycles. The van der Waals surface area contributed by atoms with Crippen LogP contribution in [0.4, 0.5) is 0 Å². The van der Waals surface area contributed by atoms with Crippen molar-refractivity contribution < 1.29 is 67.5 Å². The van der Waals surface area contributed by atoms with E-state index in [0.717, 1.165) is 0 Å². The van der Waals surface area contributed by atoms with Crippen molar-refractivity contribution in [2.75, 3.05) is 25.0 Å². The van der Waals surface area contributed by atoms with E-state index in [0.29, 0.717) is 21.8 Å². The van der Waals surface area contributed by atoms with Gasteiger partial charge in [-0.15, -0.1) is 0 Å². The number of carbonyl (C=O) groups is 4. The predicted octanol–water partition coefficient (Wildman–Crippen LogP) is 0.580. The average Bonchev–Trinajstić information content (AvgIpc) is 2.86. The molecule has 41 heavy (non-hydrogen) atoms. The van der Waals surface area contributed by atoms with Gasteiger partial charge in [0.2, 0.25) is 0 Å². The molecule has 0 aliphatic rings. The van der Waals surface area contributed by atoms with Gasteiger partial charge in [0.05, 0.1) is 34.1 Å². The number of carbonyl (C=O) groups excluding carboxylic acids is 2. The molecule has 0 bridgehead atoms. The standard InChI is InChI=1S/2C11H7NO4.2C2H6OS.Zn/c2*13-10(14)7-5-6-3-1-2-4-8(6)12-9(7)11(15)16;2*1-4(2)3;/h2*1-5H,(H,13,14)(H,15,16);2*1-2H3;/q;;;;+2/p-2. The van der Waals surface area contributed by atoms with Gasteiger partial charge in [0.15, 0.2) is 0 Å². The molecule has 2 aromatic heterocycles. The fourth-order valence-electron chi connectivity index (χ4n) is 2.87. The van der Waals surface area contributed by atoms with Gasteiger partial charge in [-0.3, -0.25) is 8.42 Å². The minimum absolute atomic E-state index is 0. The first-order valence-electron chi connectivity index (χ1n) is 10.8. The van der Waals surface area contributed by atoms with E-state index in [9.17, 15) is 37.8 Å². The molecule has 12 nitrogen and oxygen atoms in total. The third-order valence-electron chi connectivity index (χ3n) is 4.30. The van der Waals surface area contributed by atoms with E-state index in [1.165, 1.54) is 12.1 Å². The van der Waals surface area contributed by atoms with Crippen molar-refractivity contribution in [2.24, 2.45) is 0 Å². The van der Waals surface area contributed by atoms with Crippen LogP contribution in [-0.2, 0) is 41.1 Å². The second-order valence-corrected chi connectivity index (χ2v) is 10.8. The van der Waals surface area contributed by atoms with E-state index in [-0.39, 0.29) is 30.6 Å². The maximum absolute atomic E-state index is 10.8. The summed E-state index contributed by atoms with van der Waals surface area (Å²) in [6.45, 7) is 0. The zero-order chi connectivity index (χ0) is 30.6. The molecule has 0 spiro atoms. The minimum Gasteiger partial charge on any atom is -0.543 e. The Morgan fingerprint density at radius 2 is 0.902 bits per heavy atom. The Labute approximate surface area is 252 Å². The maximum atomic E-state index is 10.8. The third kappa shape index (κ3) is 12.4. The number of pyridine rings is 2. The summed E-state index contributed by atoms with van der Waals surface area (Å²) in [5, 5.41) is 40.3. The van der Waals surface area contributed by atoms with Crippen LogP contribution in [0.15, 0.2) is 60.7 Å². The number of hydrogen-bond donors (Lipinski definition) is 2. The van der Waals surface area contributed by atoms with Crippen molar-refractivity contribution in [1.29, 1.82) is 0 Å². The van der Waals surface area contributed by atoms with Gasteiger partial charge in [-0.05, 0) is 24.3 Å². The molecule has 212 valence electrons. The number of rotatable bonds is 4. The quantitative estimate of drug-likeness (QED) is 0.289. The Morgan fingerprint density at radius 1 is 0.634 bits per heavy atom. The van der Waals surface area contributed by atoms with Crippen LogP contribution < -0.4 is 10.2 Å². The first-order valence-corrected chi connectivity index (χ1v) is 14.8. The van der Waals surface area contributed by atoms with Gasteiger partial charge in [0, 0.05) is 57.4 Å². The van der Waals surface area contributed by atoms with Gasteiger partial charge >= 0.3 is 31.4 Å². The summed E-state index contributed by atoms with van der Waals surface area (Å²) in [5.74, 6) is -5.86. The molecular formula is C26H24N2O10S2Zn. The maximum Gasteiger partial charge on any atom is 2.00 e. The van der Waals surface area contributed by atoms with Crippen LogP contribution in [0.25, 0.3) is 21.8 Å². The summed E-state index contributed by atoms with van der Waals surface area (Å²) in [6, 6.07) is 15.9. The van der Waals surface area contributed by atoms with E-state index < -0.39 is 56.9 Å². The van der Waals surface area contributed by atoms with Gasteiger partial charge in [-0.1, -0.05) is 36.4 Å². The smallest absolute Gasteiger partial charge is 0.543 e. The molecule has 2 heterocycles. The molecule has 4 rings (SSSR count). The molecular weight excluding hydrogens is 630 g/mol. The molecule has 2 N–H and O–H groups in total. The van der Waals surface area contributed by atoms with Crippen molar-refractivity contribution in [3.63, 3.8) is 0 Å². The fraction of sp³-hybridized carbons (Fsp3) is 0.154. The van der Waals surface area contributed by atoms with Gasteiger partial charge in [0.25, 0.3) is 0 Å². The zero-order valence-electron chi connectivity index (χ0n) is 22.4. The second kappa shape index (κ2) is 17.7. The summed E-state index contributed by atoms with van der Waals surface area (Å²) >= 11 is 0. The summed E-state index contributed by atoms with van der Waals surface area (Å²) in [6.07, 6.45) is 6.56. The number of carboxylic acid groups (broad SMARTS) is 4. The molecule has 0 aliphatic carbocycles. The van der Waals surface area contributed by atoms with Crippen molar-refractivity contribution in [3.05, 3.63) is 83.2 Å². The monoisotopic (exact) mass is 652 g/mol. The van der Waals surface area contributed by atoms with Crippen LogP contribution >= 0.6 is 0 Å². The minimum atomic E-state index is -1.59. The predicted molar refractivity (Wildman–Crippen MR) is 146 cm³/mol. The average molecular weight is 654 g/mol. The van der Waals surface area contributed by atoms with Crippen LogP contribution in [0, 0.1) is 0 Å². The summed E-state index contributed by atoms with van der Waals surface area (Å²) < 4.78 is 19.1. The Balaban J connectivity index is 0.000000609. The largest absolute Gasteiger partial charge is 2.00 e. The number of para-hydroxylation sites is 2. The molecule has 0 atom stereocenters. The summed E-state index contributed by atoms with van der Waals surface area (Å²) in [7, 11) is -1.22. The van der Waals surface area contributed by atoms with Crippen LogP contribution in [0.2, 0.25) is 0 Å². The SMILES string of the molecule is CS(C)=O.CS(C)=O.O=C(O)c1cc2ccccc2nc1C(=O)[O-].O=C(O)c1cc2ccccc2nc1C(=O)[O-].[Zn+2]. The van der Waals surface area contributed by atoms with Crippen molar-refractivity contribution in [1.82, 2.24) is 9.97 Å². The normalized spacial score (nSPS) is 9.71. The van der Waals surface area contributed by atoms with E-state index >= 15 is 0 Å². The Kier molecular flexibility index (Phi) is 16.0.